The van der Waals surface area contributed by atoms with Gasteiger partial charge in [-0.2, -0.15) is 0 Å². The molecule has 1 fully saturated rings. The van der Waals surface area contributed by atoms with Crippen molar-refractivity contribution in [1.29, 1.82) is 0 Å². The maximum absolute atomic E-state index is 9.10. The minimum Gasteiger partial charge on any atom is -0.473 e. The second-order valence-electron chi connectivity index (χ2n) is 3.65. The first-order valence-corrected chi connectivity index (χ1v) is 6.19. The number of carboxylic acids is 2. The van der Waals surface area contributed by atoms with Crippen LogP contribution in [0.15, 0.2) is 17.5 Å². The lowest BCUT2D eigenvalue weighted by Crippen LogP contribution is -2.26. The summed E-state index contributed by atoms with van der Waals surface area (Å²) in [6.07, 6.45) is 2.64. The molecule has 0 unspecified atom stereocenters. The molecule has 1 aromatic rings. The summed E-state index contributed by atoms with van der Waals surface area (Å²) in [6, 6.07) is 4.42. The fourth-order valence-electron chi connectivity index (χ4n) is 1.63. The lowest BCUT2D eigenvalue weighted by molar-refractivity contribution is -0.159. The largest absolute Gasteiger partial charge is 0.473 e. The van der Waals surface area contributed by atoms with Gasteiger partial charge in [0.05, 0.1) is 0 Å². The Morgan fingerprint density at radius 3 is 2.24 bits per heavy atom. The molecule has 1 aliphatic heterocycles. The van der Waals surface area contributed by atoms with E-state index in [0.717, 1.165) is 5.92 Å². The lowest BCUT2D eigenvalue weighted by Gasteiger charge is -2.21. The van der Waals surface area contributed by atoms with Crippen LogP contribution in [0.4, 0.5) is 0 Å². The molecule has 94 valence electrons. The highest BCUT2D eigenvalue weighted by Gasteiger charge is 2.14. The van der Waals surface area contributed by atoms with Crippen LogP contribution >= 0.6 is 11.3 Å². The van der Waals surface area contributed by atoms with Crippen LogP contribution in [0, 0.1) is 0 Å². The zero-order valence-electron chi connectivity index (χ0n) is 9.26. The summed E-state index contributed by atoms with van der Waals surface area (Å²) in [5.41, 5.74) is 0. The second kappa shape index (κ2) is 7.03. The molecule has 1 aromatic heterocycles. The van der Waals surface area contributed by atoms with Crippen molar-refractivity contribution in [1.82, 2.24) is 5.32 Å². The lowest BCUT2D eigenvalue weighted by atomic mass is 9.97. The van der Waals surface area contributed by atoms with Crippen molar-refractivity contribution < 1.29 is 19.8 Å². The number of rotatable bonds is 1. The Hall–Kier alpha value is -1.40. The summed E-state index contributed by atoms with van der Waals surface area (Å²) in [5.74, 6) is -2.80. The molecule has 1 saturated heterocycles. The van der Waals surface area contributed by atoms with Crippen molar-refractivity contribution in [2.75, 3.05) is 13.1 Å². The molecule has 0 spiro atoms. The fourth-order valence-corrected chi connectivity index (χ4v) is 2.53. The van der Waals surface area contributed by atoms with E-state index in [1.54, 1.807) is 4.88 Å². The zero-order valence-corrected chi connectivity index (χ0v) is 10.1. The van der Waals surface area contributed by atoms with Crippen LogP contribution in [0.2, 0.25) is 0 Å². The molecule has 5 nitrogen and oxygen atoms in total. The Morgan fingerprint density at radius 1 is 1.24 bits per heavy atom. The number of carbonyl (C=O) groups is 2. The van der Waals surface area contributed by atoms with Gasteiger partial charge in [-0.25, -0.2) is 9.59 Å². The minimum atomic E-state index is -1.82. The molecule has 0 aliphatic carbocycles. The van der Waals surface area contributed by atoms with Gasteiger partial charge >= 0.3 is 11.9 Å². The monoisotopic (exact) mass is 257 g/mol. The van der Waals surface area contributed by atoms with Crippen LogP contribution in [0.1, 0.15) is 23.6 Å². The van der Waals surface area contributed by atoms with E-state index in [0.29, 0.717) is 0 Å². The van der Waals surface area contributed by atoms with E-state index < -0.39 is 11.9 Å². The Morgan fingerprint density at radius 2 is 1.82 bits per heavy atom. The quantitative estimate of drug-likeness (QED) is 0.661. The number of nitrogens with one attached hydrogen (secondary N) is 1. The predicted octanol–water partition coefficient (Wildman–Crippen LogP) is 1.37. The molecule has 6 heteroatoms. The predicted molar refractivity (Wildman–Crippen MR) is 64.4 cm³/mol. The van der Waals surface area contributed by atoms with Gasteiger partial charge in [-0.3, -0.25) is 0 Å². The number of carboxylic acid groups (broad SMARTS) is 2. The number of thiophene rings is 1. The van der Waals surface area contributed by atoms with Gasteiger partial charge in [0.1, 0.15) is 0 Å². The Kier molecular flexibility index (Phi) is 5.65. The summed E-state index contributed by atoms with van der Waals surface area (Å²) < 4.78 is 0. The first-order valence-electron chi connectivity index (χ1n) is 5.31. The van der Waals surface area contributed by atoms with Crippen LogP contribution < -0.4 is 5.32 Å². The van der Waals surface area contributed by atoms with Gasteiger partial charge in [0.15, 0.2) is 0 Å². The van der Waals surface area contributed by atoms with Crippen LogP contribution in [0.25, 0.3) is 0 Å². The summed E-state index contributed by atoms with van der Waals surface area (Å²) in [6.45, 7) is 2.39. The number of hydrogen-bond donors (Lipinski definition) is 3. The Bertz CT molecular complexity index is 346. The van der Waals surface area contributed by atoms with Gasteiger partial charge in [-0.15, -0.1) is 11.3 Å². The summed E-state index contributed by atoms with van der Waals surface area (Å²) >= 11 is 1.90. The number of aliphatic carboxylic acids is 2. The van der Waals surface area contributed by atoms with Gasteiger partial charge in [-0.1, -0.05) is 6.07 Å². The molecule has 0 amide bonds. The van der Waals surface area contributed by atoms with Gasteiger partial charge in [-0.05, 0) is 43.3 Å². The maximum Gasteiger partial charge on any atom is 0.414 e. The minimum absolute atomic E-state index is 0.844. The van der Waals surface area contributed by atoms with Gasteiger partial charge in [0, 0.05) is 4.88 Å². The van der Waals surface area contributed by atoms with E-state index in [9.17, 15) is 0 Å². The average molecular weight is 257 g/mol. The van der Waals surface area contributed by atoms with Gasteiger partial charge in [0.25, 0.3) is 0 Å². The standard InChI is InChI=1S/C9H13NS.C2H2O4/c1-2-9(11-7-1)8-3-5-10-6-4-8;3-1(4)2(5)6/h1-2,7-8,10H,3-6H2;(H,3,4)(H,5,6). The van der Waals surface area contributed by atoms with E-state index in [4.69, 9.17) is 19.8 Å². The molecule has 0 radical (unpaired) electrons. The molecular formula is C11H15NO4S. The van der Waals surface area contributed by atoms with Crippen molar-refractivity contribution >= 4 is 23.3 Å². The molecule has 0 aromatic carbocycles. The summed E-state index contributed by atoms with van der Waals surface area (Å²) in [5, 5.41) is 20.3. The van der Waals surface area contributed by atoms with Crippen molar-refractivity contribution in [3.63, 3.8) is 0 Å². The van der Waals surface area contributed by atoms with Crippen LogP contribution in [0.3, 0.4) is 0 Å². The molecule has 0 saturated carbocycles. The molecular weight excluding hydrogens is 242 g/mol. The van der Waals surface area contributed by atoms with Crippen molar-refractivity contribution in [2.45, 2.75) is 18.8 Å². The third kappa shape index (κ3) is 4.97. The third-order valence-corrected chi connectivity index (χ3v) is 3.50. The molecule has 1 aliphatic rings. The van der Waals surface area contributed by atoms with E-state index in [-0.39, 0.29) is 0 Å². The molecule has 17 heavy (non-hydrogen) atoms. The van der Waals surface area contributed by atoms with Gasteiger partial charge in [0.2, 0.25) is 0 Å². The Balaban J connectivity index is 0.000000209. The second-order valence-corrected chi connectivity index (χ2v) is 4.63. The van der Waals surface area contributed by atoms with E-state index in [2.05, 4.69) is 22.8 Å². The van der Waals surface area contributed by atoms with E-state index in [1.165, 1.54) is 25.9 Å². The molecule has 0 atom stereocenters. The summed E-state index contributed by atoms with van der Waals surface area (Å²) in [7, 11) is 0. The molecule has 2 heterocycles. The average Bonchev–Trinajstić information content (AvgIpc) is 2.84. The van der Waals surface area contributed by atoms with Crippen molar-refractivity contribution in [3.05, 3.63) is 22.4 Å². The summed E-state index contributed by atoms with van der Waals surface area (Å²) in [4.78, 5) is 19.8. The van der Waals surface area contributed by atoms with Crippen LogP contribution in [-0.4, -0.2) is 35.2 Å². The van der Waals surface area contributed by atoms with Crippen molar-refractivity contribution in [3.8, 4) is 0 Å². The van der Waals surface area contributed by atoms with Crippen LogP contribution in [0.5, 0.6) is 0 Å². The SMILES string of the molecule is O=C(O)C(=O)O.c1csc(C2CCNCC2)c1. The zero-order chi connectivity index (χ0) is 12.7. The Labute approximate surface area is 103 Å². The maximum atomic E-state index is 9.10. The number of hydrogen-bond acceptors (Lipinski definition) is 4. The van der Waals surface area contributed by atoms with Crippen LogP contribution in [-0.2, 0) is 9.59 Å². The highest BCUT2D eigenvalue weighted by atomic mass is 32.1. The molecule has 2 rings (SSSR count). The van der Waals surface area contributed by atoms with E-state index in [1.807, 2.05) is 11.3 Å². The van der Waals surface area contributed by atoms with E-state index >= 15 is 0 Å². The molecule has 3 N–H and O–H groups in total. The first kappa shape index (κ1) is 13.7. The molecule has 0 bridgehead atoms. The highest BCUT2D eigenvalue weighted by molar-refractivity contribution is 7.10. The fraction of sp³-hybridized carbons (Fsp3) is 0.455. The topological polar surface area (TPSA) is 86.6 Å². The smallest absolute Gasteiger partial charge is 0.414 e. The highest BCUT2D eigenvalue weighted by Crippen LogP contribution is 2.28. The normalized spacial score (nSPS) is 15.8. The third-order valence-electron chi connectivity index (χ3n) is 2.47. The van der Waals surface area contributed by atoms with Crippen molar-refractivity contribution in [2.24, 2.45) is 0 Å². The van der Waals surface area contributed by atoms with Gasteiger partial charge < -0.3 is 15.5 Å². The number of piperidine rings is 1. The first-order chi connectivity index (χ1) is 8.11.